The SMILES string of the molecule is CS(=O)(=O)c1ccc(-c2c(NC(=O)OC3C=CCC3)ccc(C(=O)O)c2-c2ccccc2)cc1. The third kappa shape index (κ3) is 5.02. The van der Waals surface area contributed by atoms with Gasteiger partial charge in [-0.3, -0.25) is 5.32 Å². The van der Waals surface area contributed by atoms with Crippen molar-refractivity contribution in [2.75, 3.05) is 11.6 Å². The summed E-state index contributed by atoms with van der Waals surface area (Å²) in [7, 11) is -3.42. The van der Waals surface area contributed by atoms with Gasteiger partial charge in [-0.15, -0.1) is 0 Å². The van der Waals surface area contributed by atoms with Crippen LogP contribution in [0.25, 0.3) is 22.3 Å². The second-order valence-corrected chi connectivity index (χ2v) is 9.97. The Morgan fingerprint density at radius 2 is 1.62 bits per heavy atom. The number of aromatic carboxylic acids is 1. The molecule has 0 aliphatic heterocycles. The number of carboxylic acids is 1. The Morgan fingerprint density at radius 3 is 2.21 bits per heavy atom. The number of hydrogen-bond acceptors (Lipinski definition) is 5. The summed E-state index contributed by atoms with van der Waals surface area (Å²) < 4.78 is 29.3. The van der Waals surface area contributed by atoms with E-state index in [-0.39, 0.29) is 16.6 Å². The molecule has 1 amide bonds. The lowest BCUT2D eigenvalue weighted by Gasteiger charge is -2.19. The van der Waals surface area contributed by atoms with Gasteiger partial charge in [0.25, 0.3) is 0 Å². The van der Waals surface area contributed by atoms with Gasteiger partial charge in [0.05, 0.1) is 16.1 Å². The molecule has 0 saturated carbocycles. The molecule has 0 bridgehead atoms. The molecule has 0 spiro atoms. The van der Waals surface area contributed by atoms with Crippen LogP contribution >= 0.6 is 0 Å². The van der Waals surface area contributed by atoms with E-state index in [1.54, 1.807) is 36.4 Å². The zero-order valence-electron chi connectivity index (χ0n) is 18.4. The van der Waals surface area contributed by atoms with E-state index in [1.165, 1.54) is 24.3 Å². The highest BCUT2D eigenvalue weighted by atomic mass is 32.2. The summed E-state index contributed by atoms with van der Waals surface area (Å²) in [6.45, 7) is 0. The maximum atomic E-state index is 12.6. The third-order valence-electron chi connectivity index (χ3n) is 5.53. The fraction of sp³-hybridized carbons (Fsp3) is 0.154. The monoisotopic (exact) mass is 477 g/mol. The molecule has 0 heterocycles. The number of nitrogens with one attached hydrogen (secondary N) is 1. The van der Waals surface area contributed by atoms with Crippen LogP contribution in [0.2, 0.25) is 0 Å². The molecular weight excluding hydrogens is 454 g/mol. The van der Waals surface area contributed by atoms with Crippen molar-refractivity contribution in [1.29, 1.82) is 0 Å². The second kappa shape index (κ2) is 9.52. The minimum Gasteiger partial charge on any atom is -0.478 e. The van der Waals surface area contributed by atoms with Crippen LogP contribution in [0.5, 0.6) is 0 Å². The number of sulfone groups is 1. The Morgan fingerprint density at radius 1 is 0.941 bits per heavy atom. The van der Waals surface area contributed by atoms with Crippen molar-refractivity contribution in [1.82, 2.24) is 0 Å². The van der Waals surface area contributed by atoms with Gasteiger partial charge in [0, 0.05) is 17.4 Å². The molecule has 8 heteroatoms. The zero-order chi connectivity index (χ0) is 24.3. The molecule has 7 nitrogen and oxygen atoms in total. The summed E-state index contributed by atoms with van der Waals surface area (Å²) in [6.07, 6.45) is 5.46. The number of rotatable bonds is 6. The number of amides is 1. The van der Waals surface area contributed by atoms with Gasteiger partial charge in [-0.2, -0.15) is 0 Å². The van der Waals surface area contributed by atoms with Crippen LogP contribution < -0.4 is 5.32 Å². The number of carbonyl (C=O) groups excluding carboxylic acids is 1. The minimum absolute atomic E-state index is 0.0473. The number of carbonyl (C=O) groups is 2. The number of carboxylic acid groups (broad SMARTS) is 1. The van der Waals surface area contributed by atoms with Gasteiger partial charge < -0.3 is 9.84 Å². The van der Waals surface area contributed by atoms with E-state index in [1.807, 2.05) is 18.2 Å². The van der Waals surface area contributed by atoms with Crippen molar-refractivity contribution >= 4 is 27.6 Å². The summed E-state index contributed by atoms with van der Waals surface area (Å²) in [5, 5.41) is 12.7. The highest BCUT2D eigenvalue weighted by Gasteiger charge is 2.23. The van der Waals surface area contributed by atoms with E-state index >= 15 is 0 Å². The maximum Gasteiger partial charge on any atom is 0.412 e. The highest BCUT2D eigenvalue weighted by molar-refractivity contribution is 7.90. The molecule has 174 valence electrons. The first-order valence-corrected chi connectivity index (χ1v) is 12.5. The average molecular weight is 478 g/mol. The van der Waals surface area contributed by atoms with Gasteiger partial charge >= 0.3 is 12.1 Å². The summed E-state index contributed by atoms with van der Waals surface area (Å²) in [4.78, 5) is 24.9. The smallest absolute Gasteiger partial charge is 0.412 e. The van der Waals surface area contributed by atoms with Gasteiger partial charge in [0.15, 0.2) is 9.84 Å². The molecule has 1 aliphatic rings. The lowest BCUT2D eigenvalue weighted by molar-refractivity contribution is 0.0697. The fourth-order valence-corrected chi connectivity index (χ4v) is 4.57. The molecule has 1 atom stereocenters. The standard InChI is InChI=1S/C26H23NO6S/c1-34(31,32)20-13-11-18(12-14-20)24-22(27-26(30)33-19-9-5-6-10-19)16-15-21(25(28)29)23(24)17-7-3-2-4-8-17/h2-5,7-9,11-16,19H,6,10H2,1H3,(H,27,30)(H,28,29). The first kappa shape index (κ1) is 23.3. The molecule has 0 fully saturated rings. The Hall–Kier alpha value is -3.91. The molecule has 4 rings (SSSR count). The third-order valence-corrected chi connectivity index (χ3v) is 6.66. The van der Waals surface area contributed by atoms with Crippen LogP contribution in [0.15, 0.2) is 83.8 Å². The topological polar surface area (TPSA) is 110 Å². The van der Waals surface area contributed by atoms with E-state index < -0.39 is 21.9 Å². The van der Waals surface area contributed by atoms with Crippen LogP contribution in [0.4, 0.5) is 10.5 Å². The predicted octanol–water partition coefficient (Wildman–Crippen LogP) is 5.39. The Bertz CT molecular complexity index is 1360. The molecule has 2 N–H and O–H groups in total. The minimum atomic E-state index is -3.42. The van der Waals surface area contributed by atoms with Crippen molar-refractivity contribution in [3.05, 3.63) is 84.4 Å². The molecule has 3 aromatic rings. The number of allylic oxidation sites excluding steroid dienone is 1. The number of anilines is 1. The van der Waals surface area contributed by atoms with Crippen molar-refractivity contribution in [2.24, 2.45) is 0 Å². The first-order chi connectivity index (χ1) is 16.2. The van der Waals surface area contributed by atoms with Gasteiger partial charge in [-0.25, -0.2) is 18.0 Å². The van der Waals surface area contributed by atoms with Crippen molar-refractivity contribution in [3.63, 3.8) is 0 Å². The van der Waals surface area contributed by atoms with Crippen LogP contribution in [0, 0.1) is 0 Å². The van der Waals surface area contributed by atoms with Crippen molar-refractivity contribution in [3.8, 4) is 22.3 Å². The largest absolute Gasteiger partial charge is 0.478 e. The fourth-order valence-electron chi connectivity index (χ4n) is 3.94. The number of ether oxygens (including phenoxy) is 1. The van der Waals surface area contributed by atoms with Gasteiger partial charge in [0.2, 0.25) is 0 Å². The van der Waals surface area contributed by atoms with Gasteiger partial charge in [0.1, 0.15) is 6.10 Å². The summed E-state index contributed by atoms with van der Waals surface area (Å²) in [5.41, 5.74) is 2.43. The normalized spacial score (nSPS) is 15.1. The van der Waals surface area contributed by atoms with Crippen molar-refractivity contribution < 1.29 is 27.9 Å². The Labute approximate surface area is 197 Å². The molecule has 0 saturated heterocycles. The first-order valence-electron chi connectivity index (χ1n) is 10.6. The number of hydrogen-bond donors (Lipinski definition) is 2. The number of benzene rings is 3. The molecule has 0 radical (unpaired) electrons. The lowest BCUT2D eigenvalue weighted by Crippen LogP contribution is -2.20. The van der Waals surface area contributed by atoms with Crippen LogP contribution in [-0.2, 0) is 14.6 Å². The van der Waals surface area contributed by atoms with Gasteiger partial charge in [-0.05, 0) is 54.3 Å². The molecule has 0 aromatic heterocycles. The molecule has 34 heavy (non-hydrogen) atoms. The average Bonchev–Trinajstić information content (AvgIpc) is 3.31. The van der Waals surface area contributed by atoms with Gasteiger partial charge in [-0.1, -0.05) is 48.5 Å². The van der Waals surface area contributed by atoms with Crippen LogP contribution in [0.1, 0.15) is 23.2 Å². The Balaban J connectivity index is 1.88. The second-order valence-electron chi connectivity index (χ2n) is 7.95. The van der Waals surface area contributed by atoms with E-state index in [0.29, 0.717) is 34.4 Å². The highest BCUT2D eigenvalue weighted by Crippen LogP contribution is 2.41. The van der Waals surface area contributed by atoms with E-state index in [2.05, 4.69) is 5.32 Å². The lowest BCUT2D eigenvalue weighted by atomic mass is 9.89. The summed E-state index contributed by atoms with van der Waals surface area (Å²) in [6, 6.07) is 18.0. The van der Waals surface area contributed by atoms with E-state index in [4.69, 9.17) is 4.74 Å². The molecule has 1 aliphatic carbocycles. The van der Waals surface area contributed by atoms with E-state index in [0.717, 1.165) is 12.7 Å². The molecule has 3 aromatic carbocycles. The van der Waals surface area contributed by atoms with Crippen LogP contribution in [0.3, 0.4) is 0 Å². The molecule has 1 unspecified atom stereocenters. The van der Waals surface area contributed by atoms with Crippen LogP contribution in [-0.4, -0.2) is 37.9 Å². The zero-order valence-corrected chi connectivity index (χ0v) is 19.2. The van der Waals surface area contributed by atoms with Crippen molar-refractivity contribution in [2.45, 2.75) is 23.8 Å². The quantitative estimate of drug-likeness (QED) is 0.461. The van der Waals surface area contributed by atoms with E-state index in [9.17, 15) is 23.1 Å². The summed E-state index contributed by atoms with van der Waals surface area (Å²) >= 11 is 0. The summed E-state index contributed by atoms with van der Waals surface area (Å²) in [5.74, 6) is -1.13. The predicted molar refractivity (Wildman–Crippen MR) is 130 cm³/mol. The Kier molecular flexibility index (Phi) is 6.51. The maximum absolute atomic E-state index is 12.6. The molecular formula is C26H23NO6S.